The van der Waals surface area contributed by atoms with E-state index in [4.69, 9.17) is 14.5 Å². The lowest BCUT2D eigenvalue weighted by molar-refractivity contribution is -0.138. The fourth-order valence-electron chi connectivity index (χ4n) is 3.40. The van der Waals surface area contributed by atoms with Crippen molar-refractivity contribution in [3.8, 4) is 5.75 Å². The molecular formula is C28H26N4O3. The van der Waals surface area contributed by atoms with E-state index in [9.17, 15) is 4.79 Å². The van der Waals surface area contributed by atoms with Gasteiger partial charge in [0.15, 0.2) is 0 Å². The van der Waals surface area contributed by atoms with Crippen LogP contribution in [0.1, 0.15) is 22.8 Å². The summed E-state index contributed by atoms with van der Waals surface area (Å²) in [5.74, 6) is 2.06. The molecule has 1 N–H and O–H groups in total. The van der Waals surface area contributed by atoms with Crippen molar-refractivity contribution in [3.63, 3.8) is 0 Å². The van der Waals surface area contributed by atoms with E-state index >= 15 is 0 Å². The molecule has 0 spiro atoms. The average Bonchev–Trinajstić information content (AvgIpc) is 2.88. The second-order valence-electron chi connectivity index (χ2n) is 7.69. The lowest BCUT2D eigenvalue weighted by Crippen LogP contribution is -2.10. The zero-order chi connectivity index (χ0) is 24.3. The van der Waals surface area contributed by atoms with Gasteiger partial charge in [-0.25, -0.2) is 9.78 Å². The minimum atomic E-state index is -0.469. The monoisotopic (exact) mass is 466 g/mol. The predicted octanol–water partition coefficient (Wildman–Crippen LogP) is 4.90. The number of carbonyl (C=O) groups excluding carboxylic acids is 1. The second-order valence-corrected chi connectivity index (χ2v) is 7.69. The Labute approximate surface area is 204 Å². The number of hydrogen-bond acceptors (Lipinski definition) is 7. The molecule has 0 radical (unpaired) electrons. The summed E-state index contributed by atoms with van der Waals surface area (Å²) in [5.41, 5.74) is 3.03. The lowest BCUT2D eigenvalue weighted by atomic mass is 10.1. The van der Waals surface area contributed by atoms with Crippen LogP contribution >= 0.6 is 0 Å². The van der Waals surface area contributed by atoms with Crippen LogP contribution in [0.2, 0.25) is 0 Å². The summed E-state index contributed by atoms with van der Waals surface area (Å²) in [6.45, 7) is 3.78. The molecule has 0 saturated carbocycles. The number of rotatable bonds is 11. The molecule has 0 bridgehead atoms. The molecule has 1 aromatic heterocycles. The van der Waals surface area contributed by atoms with Gasteiger partial charge in [-0.3, -0.25) is 0 Å². The van der Waals surface area contributed by atoms with Gasteiger partial charge in [0.05, 0.1) is 0 Å². The summed E-state index contributed by atoms with van der Waals surface area (Å²) in [4.78, 5) is 25.2. The number of ether oxygens (including phenoxy) is 2. The van der Waals surface area contributed by atoms with E-state index in [1.165, 1.54) is 0 Å². The molecule has 7 nitrogen and oxygen atoms in total. The number of nitrogens with zero attached hydrogens (tertiary/aromatic N) is 3. The summed E-state index contributed by atoms with van der Waals surface area (Å²) < 4.78 is 10.7. The number of carbonyl (C=O) groups is 1. The molecule has 0 aliphatic heterocycles. The van der Waals surface area contributed by atoms with Gasteiger partial charge in [0, 0.05) is 24.6 Å². The van der Waals surface area contributed by atoms with E-state index in [0.29, 0.717) is 36.2 Å². The van der Waals surface area contributed by atoms with Gasteiger partial charge in [0.25, 0.3) is 0 Å². The highest BCUT2D eigenvalue weighted by molar-refractivity contribution is 5.81. The van der Waals surface area contributed by atoms with E-state index in [0.717, 1.165) is 22.9 Å². The topological polar surface area (TPSA) is 86.2 Å². The Bertz CT molecular complexity index is 1200. The molecule has 0 amide bonds. The molecular weight excluding hydrogens is 440 g/mol. The SMILES string of the molecule is C=CC(=O)OCCOc1cccc(Cc2nc(Cc3ccccc3)nc(Nc3ccccc3)n2)c1. The maximum Gasteiger partial charge on any atom is 0.330 e. The van der Waals surface area contributed by atoms with Crippen molar-refractivity contribution in [2.24, 2.45) is 0 Å². The zero-order valence-electron chi connectivity index (χ0n) is 19.3. The highest BCUT2D eigenvalue weighted by atomic mass is 16.6. The summed E-state index contributed by atoms with van der Waals surface area (Å²) in [6.07, 6.45) is 2.24. The fourth-order valence-corrected chi connectivity index (χ4v) is 3.40. The zero-order valence-corrected chi connectivity index (χ0v) is 19.3. The quantitative estimate of drug-likeness (QED) is 0.191. The summed E-state index contributed by atoms with van der Waals surface area (Å²) >= 11 is 0. The Morgan fingerprint density at radius 1 is 0.800 bits per heavy atom. The predicted molar refractivity (Wildman–Crippen MR) is 135 cm³/mol. The van der Waals surface area contributed by atoms with Crippen LogP contribution in [0, 0.1) is 0 Å². The standard InChI is InChI=1S/C28H26N4O3/c1-2-27(33)35-17-16-34-24-15-9-12-22(18-24)20-26-30-25(19-21-10-5-3-6-11-21)31-28(32-26)29-23-13-7-4-8-14-23/h2-15,18H,1,16-17,19-20H2,(H,29,30,31,32). The molecule has 0 saturated heterocycles. The first-order valence-electron chi connectivity index (χ1n) is 11.3. The highest BCUT2D eigenvalue weighted by Gasteiger charge is 2.10. The van der Waals surface area contributed by atoms with E-state index in [1.807, 2.05) is 72.8 Å². The lowest BCUT2D eigenvalue weighted by Gasteiger charge is -2.11. The first-order chi connectivity index (χ1) is 17.2. The van der Waals surface area contributed by atoms with Crippen LogP contribution in [0.3, 0.4) is 0 Å². The van der Waals surface area contributed by atoms with Crippen molar-refractivity contribution in [2.45, 2.75) is 12.8 Å². The highest BCUT2D eigenvalue weighted by Crippen LogP contribution is 2.18. The molecule has 0 unspecified atom stereocenters. The van der Waals surface area contributed by atoms with Crippen molar-refractivity contribution >= 4 is 17.6 Å². The summed E-state index contributed by atoms with van der Waals surface area (Å²) in [6, 6.07) is 27.6. The van der Waals surface area contributed by atoms with Crippen LogP contribution in [-0.4, -0.2) is 34.1 Å². The third-order valence-electron chi connectivity index (χ3n) is 4.99. The molecule has 35 heavy (non-hydrogen) atoms. The molecule has 3 aromatic carbocycles. The van der Waals surface area contributed by atoms with E-state index in [1.54, 1.807) is 0 Å². The van der Waals surface area contributed by atoms with Gasteiger partial charge in [-0.1, -0.05) is 67.2 Å². The van der Waals surface area contributed by atoms with Crippen molar-refractivity contribution in [2.75, 3.05) is 18.5 Å². The third kappa shape index (κ3) is 7.50. The Kier molecular flexibility index (Phi) is 8.16. The number of hydrogen-bond donors (Lipinski definition) is 1. The van der Waals surface area contributed by atoms with Crippen LogP contribution in [-0.2, 0) is 22.4 Å². The molecule has 1 heterocycles. The average molecular weight is 467 g/mol. The number of aromatic nitrogens is 3. The molecule has 0 atom stereocenters. The number of para-hydroxylation sites is 1. The van der Waals surface area contributed by atoms with Crippen molar-refractivity contribution in [1.82, 2.24) is 15.0 Å². The second kappa shape index (κ2) is 12.1. The van der Waals surface area contributed by atoms with Crippen molar-refractivity contribution in [1.29, 1.82) is 0 Å². The largest absolute Gasteiger partial charge is 0.490 e. The Balaban J connectivity index is 1.50. The van der Waals surface area contributed by atoms with Crippen LogP contribution in [0.4, 0.5) is 11.6 Å². The molecule has 176 valence electrons. The molecule has 0 fully saturated rings. The molecule has 4 aromatic rings. The minimum absolute atomic E-state index is 0.153. The third-order valence-corrected chi connectivity index (χ3v) is 4.99. The number of benzene rings is 3. The molecule has 4 rings (SSSR count). The van der Waals surface area contributed by atoms with Crippen molar-refractivity contribution in [3.05, 3.63) is 120 Å². The van der Waals surface area contributed by atoms with Crippen molar-refractivity contribution < 1.29 is 14.3 Å². The molecule has 0 aliphatic rings. The van der Waals surface area contributed by atoms with E-state index in [-0.39, 0.29) is 13.2 Å². The van der Waals surface area contributed by atoms with E-state index < -0.39 is 5.97 Å². The fraction of sp³-hybridized carbons (Fsp3) is 0.143. The Morgan fingerprint density at radius 2 is 1.46 bits per heavy atom. The van der Waals surface area contributed by atoms with Gasteiger partial charge < -0.3 is 14.8 Å². The first kappa shape index (κ1) is 23.6. The van der Waals surface area contributed by atoms with Crippen LogP contribution in [0.25, 0.3) is 0 Å². The van der Waals surface area contributed by atoms with Gasteiger partial charge in [-0.05, 0) is 35.4 Å². The number of anilines is 2. The maximum absolute atomic E-state index is 11.1. The van der Waals surface area contributed by atoms with Gasteiger partial charge in [0.1, 0.15) is 30.6 Å². The first-order valence-corrected chi connectivity index (χ1v) is 11.3. The van der Waals surface area contributed by atoms with Crippen LogP contribution in [0.5, 0.6) is 5.75 Å². The molecule has 7 heteroatoms. The maximum atomic E-state index is 11.1. The summed E-state index contributed by atoms with van der Waals surface area (Å²) in [7, 11) is 0. The van der Waals surface area contributed by atoms with Gasteiger partial charge in [0.2, 0.25) is 5.95 Å². The minimum Gasteiger partial charge on any atom is -0.490 e. The van der Waals surface area contributed by atoms with Gasteiger partial charge in [-0.15, -0.1) is 0 Å². The summed E-state index contributed by atoms with van der Waals surface area (Å²) in [5, 5.41) is 3.28. The van der Waals surface area contributed by atoms with Crippen LogP contribution in [0.15, 0.2) is 97.6 Å². The Hall–Kier alpha value is -4.52. The van der Waals surface area contributed by atoms with Gasteiger partial charge >= 0.3 is 5.97 Å². The Morgan fingerprint density at radius 3 is 2.17 bits per heavy atom. The van der Waals surface area contributed by atoms with Gasteiger partial charge in [-0.2, -0.15) is 9.97 Å². The van der Waals surface area contributed by atoms with E-state index in [2.05, 4.69) is 34.0 Å². The number of nitrogens with one attached hydrogen (secondary N) is 1. The molecule has 0 aliphatic carbocycles. The number of esters is 1. The van der Waals surface area contributed by atoms with Crippen LogP contribution < -0.4 is 10.1 Å². The smallest absolute Gasteiger partial charge is 0.330 e. The normalized spacial score (nSPS) is 10.4.